The van der Waals surface area contributed by atoms with E-state index in [-0.39, 0.29) is 5.91 Å². The van der Waals surface area contributed by atoms with Crippen LogP contribution in [0.25, 0.3) is 11.1 Å². The second-order valence-electron chi connectivity index (χ2n) is 9.92. The maximum Gasteiger partial charge on any atom is 0.224 e. The van der Waals surface area contributed by atoms with Gasteiger partial charge in [-0.3, -0.25) is 9.69 Å². The van der Waals surface area contributed by atoms with Gasteiger partial charge >= 0.3 is 0 Å². The van der Waals surface area contributed by atoms with E-state index in [2.05, 4.69) is 47.5 Å². The Labute approximate surface area is 255 Å². The summed E-state index contributed by atoms with van der Waals surface area (Å²) in [7, 11) is 0. The van der Waals surface area contributed by atoms with E-state index < -0.39 is 0 Å². The average molecular weight is 595 g/mol. The summed E-state index contributed by atoms with van der Waals surface area (Å²) < 4.78 is 0. The smallest absolute Gasteiger partial charge is 0.224 e. The Hall–Kier alpha value is -3.17. The van der Waals surface area contributed by atoms with Gasteiger partial charge in [-0.05, 0) is 97.3 Å². The van der Waals surface area contributed by atoms with Crippen molar-refractivity contribution in [2.45, 2.75) is 59.8 Å². The average Bonchev–Trinajstić information content (AvgIpc) is 3.62. The molecule has 1 N–H and O–H groups in total. The van der Waals surface area contributed by atoms with Crippen molar-refractivity contribution in [3.8, 4) is 17.2 Å². The van der Waals surface area contributed by atoms with Crippen LogP contribution in [-0.2, 0) is 22.4 Å². The van der Waals surface area contributed by atoms with Gasteiger partial charge in [0.25, 0.3) is 0 Å². The fraction of sp³-hybridized carbons (Fsp3) is 0.382. The Morgan fingerprint density at radius 1 is 0.976 bits per heavy atom. The zero-order valence-electron chi connectivity index (χ0n) is 24.6. The summed E-state index contributed by atoms with van der Waals surface area (Å²) in [6, 6.07) is 21.6. The molecule has 0 aromatic heterocycles. The molecule has 7 heteroatoms. The van der Waals surface area contributed by atoms with E-state index >= 15 is 0 Å². The highest BCUT2D eigenvalue weighted by molar-refractivity contribution is 6.35. The highest BCUT2D eigenvalue weighted by Gasteiger charge is 2.17. The van der Waals surface area contributed by atoms with Crippen LogP contribution in [0.3, 0.4) is 0 Å². The topological polar surface area (TPSA) is 73.2 Å². The Kier molecular flexibility index (Phi) is 15.2. The molecule has 1 aliphatic heterocycles. The normalized spacial score (nSPS) is 15.0. The van der Waals surface area contributed by atoms with E-state index in [4.69, 9.17) is 28.5 Å². The molecule has 5 rings (SSSR count). The van der Waals surface area contributed by atoms with Crippen molar-refractivity contribution in [2.24, 2.45) is 5.92 Å². The van der Waals surface area contributed by atoms with Crippen LogP contribution >= 0.6 is 23.2 Å². The van der Waals surface area contributed by atoms with E-state index in [0.717, 1.165) is 36.4 Å². The monoisotopic (exact) mass is 593 g/mol. The first kappa shape index (κ1) is 34.0. The lowest BCUT2D eigenvalue weighted by atomic mass is 9.99. The van der Waals surface area contributed by atoms with Gasteiger partial charge in [-0.1, -0.05) is 81.2 Å². The van der Waals surface area contributed by atoms with Crippen LogP contribution in [0.2, 0.25) is 10.0 Å². The molecule has 1 fully saturated rings. The maximum atomic E-state index is 11.0. The standard InChI is InChI=1S/C17H15N.C9H9Cl2NO.C6H11NO.C2H6/c1-12-7-15-5-6-16(10-17(15)8-12)14-4-2-3-13(9-14)11-18;1-2-9(13)12-8-4-6(10)3-7(11)5-8;8-6-5-7-3-1-2-4-7;1-2/h2-6,9-10,12H,7-8H2,1H3;3-5H,2H2,1H3,(H,12,13);6H,1-5H2;1-2H3. The number of likely N-dealkylation sites (tertiary alicyclic amines) is 1. The minimum absolute atomic E-state index is 0.0571. The zero-order chi connectivity index (χ0) is 30.2. The molecule has 218 valence electrons. The van der Waals surface area contributed by atoms with Crippen LogP contribution in [0.1, 0.15) is 63.6 Å². The van der Waals surface area contributed by atoms with Gasteiger partial charge < -0.3 is 10.1 Å². The number of halogens is 2. The Balaban J connectivity index is 0.000000224. The van der Waals surface area contributed by atoms with Crippen LogP contribution in [0.15, 0.2) is 60.7 Å². The predicted octanol–water partition coefficient (Wildman–Crippen LogP) is 8.61. The van der Waals surface area contributed by atoms with Gasteiger partial charge in [0.1, 0.15) is 6.29 Å². The number of nitriles is 1. The summed E-state index contributed by atoms with van der Waals surface area (Å²) in [5.41, 5.74) is 6.67. The van der Waals surface area contributed by atoms with E-state index in [0.29, 0.717) is 28.7 Å². The summed E-state index contributed by atoms with van der Waals surface area (Å²) in [6.07, 6.45) is 6.34. The SMILES string of the molecule is CC.CC1Cc2ccc(-c3cccc(C#N)c3)cc2C1.CCC(=O)Nc1cc(Cl)cc(Cl)c1.O=CCN1CCCC1. The lowest BCUT2D eigenvalue weighted by molar-refractivity contribution is -0.116. The summed E-state index contributed by atoms with van der Waals surface area (Å²) >= 11 is 11.5. The Morgan fingerprint density at radius 2 is 1.61 bits per heavy atom. The fourth-order valence-corrected chi connectivity index (χ4v) is 5.26. The largest absolute Gasteiger partial charge is 0.326 e. The molecule has 5 nitrogen and oxygen atoms in total. The molecular weight excluding hydrogens is 553 g/mol. The number of aldehydes is 1. The first-order chi connectivity index (χ1) is 19.8. The highest BCUT2D eigenvalue weighted by atomic mass is 35.5. The van der Waals surface area contributed by atoms with E-state index in [1.807, 2.05) is 32.0 Å². The lowest BCUT2D eigenvalue weighted by Crippen LogP contribution is -2.20. The van der Waals surface area contributed by atoms with E-state index in [9.17, 15) is 9.59 Å². The van der Waals surface area contributed by atoms with Crippen molar-refractivity contribution in [2.75, 3.05) is 25.0 Å². The molecule has 0 radical (unpaired) electrons. The molecule has 0 spiro atoms. The molecule has 1 unspecified atom stereocenters. The summed E-state index contributed by atoms with van der Waals surface area (Å²) in [4.78, 5) is 23.1. The molecule has 3 aromatic rings. The third kappa shape index (κ3) is 11.7. The van der Waals surface area contributed by atoms with Gasteiger partial charge in [-0.15, -0.1) is 0 Å². The number of rotatable bonds is 5. The van der Waals surface area contributed by atoms with Crippen molar-refractivity contribution < 1.29 is 9.59 Å². The van der Waals surface area contributed by atoms with Crippen LogP contribution in [0.4, 0.5) is 5.69 Å². The Bertz CT molecular complexity index is 1290. The van der Waals surface area contributed by atoms with E-state index in [1.54, 1.807) is 25.1 Å². The predicted molar refractivity (Wildman–Crippen MR) is 172 cm³/mol. The molecule has 3 aromatic carbocycles. The summed E-state index contributed by atoms with van der Waals surface area (Å²) in [6.45, 7) is 11.0. The number of nitrogens with one attached hydrogen (secondary N) is 1. The lowest BCUT2D eigenvalue weighted by Gasteiger charge is -2.07. The molecule has 2 aliphatic rings. The van der Waals surface area contributed by atoms with Gasteiger partial charge in [0, 0.05) is 22.2 Å². The minimum Gasteiger partial charge on any atom is -0.326 e. The van der Waals surface area contributed by atoms with Crippen LogP contribution < -0.4 is 5.32 Å². The Morgan fingerprint density at radius 3 is 2.22 bits per heavy atom. The van der Waals surface area contributed by atoms with Gasteiger partial charge in [0.2, 0.25) is 5.91 Å². The third-order valence-corrected chi connectivity index (χ3v) is 7.10. The second kappa shape index (κ2) is 18.3. The molecule has 0 bridgehead atoms. The van der Waals surface area contributed by atoms with E-state index in [1.165, 1.54) is 42.4 Å². The van der Waals surface area contributed by atoms with Gasteiger partial charge in [0.05, 0.1) is 18.2 Å². The molecule has 1 aliphatic carbocycles. The summed E-state index contributed by atoms with van der Waals surface area (Å²) in [5, 5.41) is 12.6. The maximum absolute atomic E-state index is 11.0. The minimum atomic E-state index is -0.0571. The third-order valence-electron chi connectivity index (χ3n) is 6.67. The van der Waals surface area contributed by atoms with Gasteiger partial charge in [-0.25, -0.2) is 0 Å². The van der Waals surface area contributed by atoms with Crippen molar-refractivity contribution in [3.63, 3.8) is 0 Å². The molecule has 41 heavy (non-hydrogen) atoms. The number of hydrogen-bond donors (Lipinski definition) is 1. The molecule has 1 atom stereocenters. The number of benzene rings is 3. The van der Waals surface area contributed by atoms with Crippen molar-refractivity contribution in [1.82, 2.24) is 4.90 Å². The fourth-order valence-electron chi connectivity index (χ4n) is 4.73. The number of hydrogen-bond acceptors (Lipinski definition) is 4. The number of carbonyl (C=O) groups is 2. The molecule has 0 saturated carbocycles. The summed E-state index contributed by atoms with van der Waals surface area (Å²) in [5.74, 6) is 0.707. The van der Waals surface area contributed by atoms with Crippen molar-refractivity contribution in [1.29, 1.82) is 5.26 Å². The zero-order valence-corrected chi connectivity index (χ0v) is 26.1. The number of nitrogens with zero attached hydrogens (tertiary/aromatic N) is 2. The number of amides is 1. The number of anilines is 1. The van der Waals surface area contributed by atoms with Crippen LogP contribution in [0.5, 0.6) is 0 Å². The molecule has 1 heterocycles. The molecule has 1 amide bonds. The van der Waals surface area contributed by atoms with Crippen molar-refractivity contribution >= 4 is 41.1 Å². The first-order valence-electron chi connectivity index (χ1n) is 14.4. The molecular formula is C34H41Cl2N3O2. The molecule has 1 saturated heterocycles. The quantitative estimate of drug-likeness (QED) is 0.300. The number of carbonyl (C=O) groups excluding carboxylic acids is 2. The van der Waals surface area contributed by atoms with Crippen LogP contribution in [0, 0.1) is 17.2 Å². The van der Waals surface area contributed by atoms with Gasteiger partial charge in [0.15, 0.2) is 0 Å². The second-order valence-corrected chi connectivity index (χ2v) is 10.8. The highest BCUT2D eigenvalue weighted by Crippen LogP contribution is 2.31. The van der Waals surface area contributed by atoms with Crippen molar-refractivity contribution in [3.05, 3.63) is 87.4 Å². The van der Waals surface area contributed by atoms with Crippen LogP contribution in [-0.4, -0.2) is 36.7 Å². The number of fused-ring (bicyclic) bond motifs is 1. The van der Waals surface area contributed by atoms with Gasteiger partial charge in [-0.2, -0.15) is 5.26 Å². The first-order valence-corrected chi connectivity index (χ1v) is 15.1.